The molecule has 6 heteroatoms. The van der Waals surface area contributed by atoms with Crippen molar-refractivity contribution in [1.29, 1.82) is 0 Å². The molecule has 0 spiro atoms. The predicted octanol–water partition coefficient (Wildman–Crippen LogP) is 1.67. The first-order valence-electron chi connectivity index (χ1n) is 7.15. The van der Waals surface area contributed by atoms with E-state index in [9.17, 15) is 8.42 Å². The summed E-state index contributed by atoms with van der Waals surface area (Å²) >= 11 is 0. The van der Waals surface area contributed by atoms with E-state index >= 15 is 0 Å². The lowest BCUT2D eigenvalue weighted by atomic mass is 10.2. The molecule has 0 aliphatic heterocycles. The Morgan fingerprint density at radius 2 is 1.95 bits per heavy atom. The Morgan fingerprint density at radius 1 is 1.25 bits per heavy atom. The van der Waals surface area contributed by atoms with Gasteiger partial charge in [-0.15, -0.1) is 0 Å². The largest absolute Gasteiger partial charge is 0.381 e. The Bertz CT molecular complexity index is 528. The van der Waals surface area contributed by atoms with Gasteiger partial charge in [-0.05, 0) is 49.9 Å². The maximum Gasteiger partial charge on any atom is 0.240 e. The van der Waals surface area contributed by atoms with E-state index < -0.39 is 10.0 Å². The molecule has 1 aliphatic carbocycles. The lowest BCUT2D eigenvalue weighted by molar-refractivity contribution is 0.581. The van der Waals surface area contributed by atoms with Gasteiger partial charge in [0.2, 0.25) is 10.0 Å². The molecule has 2 unspecified atom stereocenters. The SMILES string of the molecule is CCCNS(=O)(=O)c1ccc(NC2CCCC2N)cc1. The third kappa shape index (κ3) is 3.71. The van der Waals surface area contributed by atoms with Gasteiger partial charge in [-0.2, -0.15) is 0 Å². The van der Waals surface area contributed by atoms with Crippen LogP contribution in [0, 0.1) is 0 Å². The molecule has 0 amide bonds. The van der Waals surface area contributed by atoms with Crippen LogP contribution in [0.15, 0.2) is 29.2 Å². The van der Waals surface area contributed by atoms with Crippen LogP contribution in [0.25, 0.3) is 0 Å². The van der Waals surface area contributed by atoms with Crippen LogP contribution in [0.2, 0.25) is 0 Å². The van der Waals surface area contributed by atoms with E-state index in [-0.39, 0.29) is 12.1 Å². The maximum atomic E-state index is 11.9. The molecule has 1 aromatic carbocycles. The molecule has 1 aliphatic rings. The van der Waals surface area contributed by atoms with E-state index in [0.717, 1.165) is 31.4 Å². The highest BCUT2D eigenvalue weighted by atomic mass is 32.2. The molecular weight excluding hydrogens is 274 g/mol. The monoisotopic (exact) mass is 297 g/mol. The molecule has 1 aromatic rings. The zero-order chi connectivity index (χ0) is 14.6. The molecule has 2 atom stereocenters. The normalized spacial score (nSPS) is 22.9. The van der Waals surface area contributed by atoms with Crippen LogP contribution in [0.5, 0.6) is 0 Å². The highest BCUT2D eigenvalue weighted by Crippen LogP contribution is 2.22. The van der Waals surface area contributed by atoms with Crippen molar-refractivity contribution in [3.8, 4) is 0 Å². The summed E-state index contributed by atoms with van der Waals surface area (Å²) in [5.41, 5.74) is 6.93. The van der Waals surface area contributed by atoms with E-state index in [1.54, 1.807) is 24.3 Å². The fraction of sp³-hybridized carbons (Fsp3) is 0.571. The Hall–Kier alpha value is -1.11. The standard InChI is InChI=1S/C14H23N3O2S/c1-2-10-16-20(18,19)12-8-6-11(7-9-12)17-14-5-3-4-13(14)15/h6-9,13-14,16-17H,2-5,10,15H2,1H3. The van der Waals surface area contributed by atoms with Gasteiger partial charge in [0.15, 0.2) is 0 Å². The van der Waals surface area contributed by atoms with Crippen molar-refractivity contribution in [3.05, 3.63) is 24.3 Å². The van der Waals surface area contributed by atoms with Gasteiger partial charge in [-0.25, -0.2) is 13.1 Å². The molecule has 0 bridgehead atoms. The second kappa shape index (κ2) is 6.56. The number of rotatable bonds is 6. The smallest absolute Gasteiger partial charge is 0.240 e. The summed E-state index contributed by atoms with van der Waals surface area (Å²) in [6.07, 6.45) is 4.04. The van der Waals surface area contributed by atoms with Crippen molar-refractivity contribution in [2.45, 2.75) is 49.6 Å². The number of sulfonamides is 1. The minimum atomic E-state index is -3.38. The minimum Gasteiger partial charge on any atom is -0.381 e. The van der Waals surface area contributed by atoms with Gasteiger partial charge in [0.25, 0.3) is 0 Å². The first-order chi connectivity index (χ1) is 9.53. The van der Waals surface area contributed by atoms with Gasteiger partial charge >= 0.3 is 0 Å². The highest BCUT2D eigenvalue weighted by molar-refractivity contribution is 7.89. The summed E-state index contributed by atoms with van der Waals surface area (Å²) < 4.78 is 26.5. The number of nitrogens with two attached hydrogens (primary N) is 1. The average molecular weight is 297 g/mol. The van der Waals surface area contributed by atoms with Crippen LogP contribution in [-0.2, 0) is 10.0 Å². The molecule has 112 valence electrons. The molecule has 1 saturated carbocycles. The van der Waals surface area contributed by atoms with Crippen molar-refractivity contribution in [2.75, 3.05) is 11.9 Å². The number of nitrogens with one attached hydrogen (secondary N) is 2. The zero-order valence-electron chi connectivity index (χ0n) is 11.8. The van der Waals surface area contributed by atoms with Gasteiger partial charge < -0.3 is 11.1 Å². The molecule has 0 saturated heterocycles. The molecule has 0 heterocycles. The van der Waals surface area contributed by atoms with Crippen LogP contribution in [0.3, 0.4) is 0 Å². The Labute approximate surface area is 121 Å². The fourth-order valence-electron chi connectivity index (χ4n) is 2.43. The third-order valence-electron chi connectivity index (χ3n) is 3.63. The van der Waals surface area contributed by atoms with Crippen LogP contribution >= 0.6 is 0 Å². The van der Waals surface area contributed by atoms with Crippen LogP contribution in [0.1, 0.15) is 32.6 Å². The summed E-state index contributed by atoms with van der Waals surface area (Å²) in [5, 5.41) is 3.37. The first-order valence-corrected chi connectivity index (χ1v) is 8.63. The number of anilines is 1. The van der Waals surface area contributed by atoms with Crippen molar-refractivity contribution in [1.82, 2.24) is 4.72 Å². The molecular formula is C14H23N3O2S. The van der Waals surface area contributed by atoms with Crippen LogP contribution in [0.4, 0.5) is 5.69 Å². The fourth-order valence-corrected chi connectivity index (χ4v) is 3.57. The van der Waals surface area contributed by atoms with Gasteiger partial charge in [0.1, 0.15) is 0 Å². The van der Waals surface area contributed by atoms with Crippen molar-refractivity contribution >= 4 is 15.7 Å². The van der Waals surface area contributed by atoms with Gasteiger partial charge in [-0.1, -0.05) is 6.92 Å². The Morgan fingerprint density at radius 3 is 2.50 bits per heavy atom. The molecule has 5 nitrogen and oxygen atoms in total. The van der Waals surface area contributed by atoms with Gasteiger partial charge in [0, 0.05) is 24.3 Å². The van der Waals surface area contributed by atoms with E-state index in [1.165, 1.54) is 0 Å². The Balaban J connectivity index is 2.02. The summed E-state index contributed by atoms with van der Waals surface area (Å²) in [5.74, 6) is 0. The van der Waals surface area contributed by atoms with E-state index in [4.69, 9.17) is 5.73 Å². The lowest BCUT2D eigenvalue weighted by Crippen LogP contribution is -2.35. The van der Waals surface area contributed by atoms with Crippen molar-refractivity contribution in [2.24, 2.45) is 5.73 Å². The third-order valence-corrected chi connectivity index (χ3v) is 5.11. The summed E-state index contributed by atoms with van der Waals surface area (Å²) in [6.45, 7) is 2.39. The lowest BCUT2D eigenvalue weighted by Gasteiger charge is -2.18. The zero-order valence-corrected chi connectivity index (χ0v) is 12.6. The quantitative estimate of drug-likeness (QED) is 0.745. The molecule has 0 aromatic heterocycles. The summed E-state index contributed by atoms with van der Waals surface area (Å²) in [6, 6.07) is 7.32. The van der Waals surface area contributed by atoms with Gasteiger partial charge in [0.05, 0.1) is 4.90 Å². The van der Waals surface area contributed by atoms with Crippen molar-refractivity contribution < 1.29 is 8.42 Å². The molecule has 4 N–H and O–H groups in total. The minimum absolute atomic E-state index is 0.185. The molecule has 1 fully saturated rings. The van der Waals surface area contributed by atoms with E-state index in [1.807, 2.05) is 6.92 Å². The van der Waals surface area contributed by atoms with E-state index in [2.05, 4.69) is 10.0 Å². The topological polar surface area (TPSA) is 84.2 Å². The molecule has 0 radical (unpaired) electrons. The summed E-state index contributed by atoms with van der Waals surface area (Å²) in [4.78, 5) is 0.298. The predicted molar refractivity (Wildman–Crippen MR) is 81.2 cm³/mol. The Kier molecular flexibility index (Phi) is 5.01. The van der Waals surface area contributed by atoms with Crippen LogP contribution < -0.4 is 15.8 Å². The first kappa shape index (κ1) is 15.3. The van der Waals surface area contributed by atoms with Crippen LogP contribution in [-0.4, -0.2) is 27.0 Å². The van der Waals surface area contributed by atoms with Crippen molar-refractivity contribution in [3.63, 3.8) is 0 Å². The number of benzene rings is 1. The molecule has 20 heavy (non-hydrogen) atoms. The average Bonchev–Trinajstić information content (AvgIpc) is 2.83. The van der Waals surface area contributed by atoms with Gasteiger partial charge in [-0.3, -0.25) is 0 Å². The second-order valence-electron chi connectivity index (χ2n) is 5.27. The second-order valence-corrected chi connectivity index (χ2v) is 7.03. The highest BCUT2D eigenvalue weighted by Gasteiger charge is 2.23. The molecule has 2 rings (SSSR count). The number of hydrogen-bond acceptors (Lipinski definition) is 4. The number of hydrogen-bond donors (Lipinski definition) is 3. The summed E-state index contributed by atoms with van der Waals surface area (Å²) in [7, 11) is -3.38. The van der Waals surface area contributed by atoms with E-state index in [0.29, 0.717) is 11.4 Å². The maximum absolute atomic E-state index is 11.9.